The molecule has 0 fully saturated rings. The van der Waals surface area contributed by atoms with Gasteiger partial charge in [0.15, 0.2) is 0 Å². The Bertz CT molecular complexity index is 1000. The lowest BCUT2D eigenvalue weighted by Crippen LogP contribution is -2.08. The van der Waals surface area contributed by atoms with Gasteiger partial charge in [0.2, 0.25) is 0 Å². The zero-order chi connectivity index (χ0) is 24.0. The van der Waals surface area contributed by atoms with Crippen LogP contribution >= 0.6 is 0 Å². The van der Waals surface area contributed by atoms with Crippen LogP contribution in [0.3, 0.4) is 0 Å². The van der Waals surface area contributed by atoms with E-state index in [0.717, 1.165) is 37.1 Å². The standard InChI is InChI=1S/C32H39NO/c1-4-6-10-24-34-26(3)12-8-7-9-13-27-14-17-29(18-15-27)30-19-21-31(22-20-30)32-23-16-28(11-5-2)25-33-32/h5,9,13-23,25-26H,2,4,6-8,10-12,24H2,1,3H3/b13-9+. The fourth-order valence-electron chi connectivity index (χ4n) is 3.97. The quantitative estimate of drug-likeness (QED) is 0.179. The Hall–Kier alpha value is -2.97. The smallest absolute Gasteiger partial charge is 0.0702 e. The monoisotopic (exact) mass is 453 g/mol. The maximum Gasteiger partial charge on any atom is 0.0702 e. The van der Waals surface area contributed by atoms with Gasteiger partial charge in [0.1, 0.15) is 0 Å². The van der Waals surface area contributed by atoms with Crippen molar-refractivity contribution in [2.24, 2.45) is 0 Å². The van der Waals surface area contributed by atoms with Crippen LogP contribution < -0.4 is 0 Å². The fraction of sp³-hybridized carbons (Fsp3) is 0.344. The second-order valence-electron chi connectivity index (χ2n) is 8.97. The number of allylic oxidation sites excluding steroid dienone is 2. The van der Waals surface area contributed by atoms with Crippen LogP contribution in [0.2, 0.25) is 0 Å². The molecule has 2 aromatic carbocycles. The highest BCUT2D eigenvalue weighted by molar-refractivity contribution is 5.70. The molecule has 0 spiro atoms. The maximum absolute atomic E-state index is 5.88. The van der Waals surface area contributed by atoms with Gasteiger partial charge >= 0.3 is 0 Å². The molecule has 0 aliphatic rings. The maximum atomic E-state index is 5.88. The molecule has 0 saturated heterocycles. The molecule has 0 saturated carbocycles. The van der Waals surface area contributed by atoms with E-state index in [0.29, 0.717) is 6.10 Å². The van der Waals surface area contributed by atoms with Crippen LogP contribution in [-0.2, 0) is 11.2 Å². The van der Waals surface area contributed by atoms with Gasteiger partial charge < -0.3 is 4.74 Å². The Morgan fingerprint density at radius 2 is 1.59 bits per heavy atom. The highest BCUT2D eigenvalue weighted by Gasteiger charge is 2.03. The van der Waals surface area contributed by atoms with E-state index in [1.165, 1.54) is 47.9 Å². The van der Waals surface area contributed by atoms with Crippen LogP contribution in [0.5, 0.6) is 0 Å². The molecule has 0 aliphatic carbocycles. The summed E-state index contributed by atoms with van der Waals surface area (Å²) < 4.78 is 5.88. The highest BCUT2D eigenvalue weighted by Crippen LogP contribution is 2.24. The molecular formula is C32H39NO. The number of hydrogen-bond acceptors (Lipinski definition) is 2. The molecule has 1 unspecified atom stereocenters. The Morgan fingerprint density at radius 1 is 0.882 bits per heavy atom. The number of unbranched alkanes of at least 4 members (excludes halogenated alkanes) is 3. The number of aromatic nitrogens is 1. The SMILES string of the molecule is C=CCc1ccc(-c2ccc(-c3ccc(/C=C/CCCC(C)OCCCCC)cc3)cc2)nc1. The van der Waals surface area contributed by atoms with Crippen LogP contribution in [0.25, 0.3) is 28.5 Å². The Kier molecular flexibility index (Phi) is 10.8. The lowest BCUT2D eigenvalue weighted by molar-refractivity contribution is 0.0566. The Labute approximate surface area is 206 Å². The highest BCUT2D eigenvalue weighted by atomic mass is 16.5. The predicted octanol–water partition coefficient (Wildman–Crippen LogP) is 8.92. The molecule has 3 rings (SSSR count). The molecule has 1 heterocycles. The van der Waals surface area contributed by atoms with Gasteiger partial charge in [0.05, 0.1) is 11.8 Å². The number of rotatable bonds is 14. The second kappa shape index (κ2) is 14.3. The lowest BCUT2D eigenvalue weighted by Gasteiger charge is -2.12. The first-order valence-electron chi connectivity index (χ1n) is 12.7. The predicted molar refractivity (Wildman–Crippen MR) is 147 cm³/mol. The topological polar surface area (TPSA) is 22.1 Å². The lowest BCUT2D eigenvalue weighted by atomic mass is 10.0. The number of hydrogen-bond donors (Lipinski definition) is 0. The number of ether oxygens (including phenoxy) is 1. The van der Waals surface area contributed by atoms with Crippen molar-refractivity contribution in [3.05, 3.63) is 96.7 Å². The van der Waals surface area contributed by atoms with Crippen molar-refractivity contribution in [1.29, 1.82) is 0 Å². The third-order valence-corrected chi connectivity index (χ3v) is 6.07. The molecule has 0 amide bonds. The van der Waals surface area contributed by atoms with E-state index >= 15 is 0 Å². The van der Waals surface area contributed by atoms with Gasteiger partial charge in [-0.3, -0.25) is 4.98 Å². The average Bonchev–Trinajstić information content (AvgIpc) is 2.88. The van der Waals surface area contributed by atoms with Gasteiger partial charge in [-0.25, -0.2) is 0 Å². The second-order valence-corrected chi connectivity index (χ2v) is 8.97. The normalized spacial score (nSPS) is 12.2. The summed E-state index contributed by atoms with van der Waals surface area (Å²) in [6.07, 6.45) is 16.6. The zero-order valence-corrected chi connectivity index (χ0v) is 20.9. The van der Waals surface area contributed by atoms with Gasteiger partial charge in [-0.15, -0.1) is 6.58 Å². The van der Waals surface area contributed by atoms with Crippen LogP contribution in [0.1, 0.15) is 63.5 Å². The van der Waals surface area contributed by atoms with Crippen molar-refractivity contribution < 1.29 is 4.74 Å². The molecule has 0 radical (unpaired) electrons. The molecule has 34 heavy (non-hydrogen) atoms. The minimum absolute atomic E-state index is 0.364. The average molecular weight is 454 g/mol. The van der Waals surface area contributed by atoms with E-state index in [2.05, 4.69) is 98.2 Å². The van der Waals surface area contributed by atoms with Gasteiger partial charge in [-0.2, -0.15) is 0 Å². The van der Waals surface area contributed by atoms with Gasteiger partial charge in [-0.1, -0.05) is 92.6 Å². The summed E-state index contributed by atoms with van der Waals surface area (Å²) in [5.74, 6) is 0. The summed E-state index contributed by atoms with van der Waals surface area (Å²) in [5, 5.41) is 0. The first-order chi connectivity index (χ1) is 16.7. The van der Waals surface area contributed by atoms with Gasteiger partial charge in [-0.05, 0) is 67.3 Å². The molecule has 2 heteroatoms. The molecule has 0 aliphatic heterocycles. The van der Waals surface area contributed by atoms with Gasteiger partial charge in [0, 0.05) is 18.4 Å². The molecule has 2 nitrogen and oxygen atoms in total. The summed E-state index contributed by atoms with van der Waals surface area (Å²) >= 11 is 0. The molecule has 178 valence electrons. The van der Waals surface area contributed by atoms with E-state index < -0.39 is 0 Å². The Morgan fingerprint density at radius 3 is 2.24 bits per heavy atom. The van der Waals surface area contributed by atoms with E-state index in [4.69, 9.17) is 4.74 Å². The zero-order valence-electron chi connectivity index (χ0n) is 20.9. The summed E-state index contributed by atoms with van der Waals surface area (Å²) in [4.78, 5) is 4.59. The summed E-state index contributed by atoms with van der Waals surface area (Å²) in [6.45, 7) is 9.11. The fourth-order valence-corrected chi connectivity index (χ4v) is 3.97. The van der Waals surface area contributed by atoms with Crippen molar-refractivity contribution in [3.63, 3.8) is 0 Å². The minimum atomic E-state index is 0.364. The van der Waals surface area contributed by atoms with Crippen molar-refractivity contribution in [3.8, 4) is 22.4 Å². The molecular weight excluding hydrogens is 414 g/mol. The number of benzene rings is 2. The van der Waals surface area contributed by atoms with Crippen LogP contribution in [0.4, 0.5) is 0 Å². The molecule has 1 aromatic heterocycles. The third kappa shape index (κ3) is 8.43. The minimum Gasteiger partial charge on any atom is -0.379 e. The van der Waals surface area contributed by atoms with E-state index in [1.807, 2.05) is 12.3 Å². The first kappa shape index (κ1) is 25.6. The van der Waals surface area contributed by atoms with E-state index in [9.17, 15) is 0 Å². The first-order valence-corrected chi connectivity index (χ1v) is 12.7. The number of pyridine rings is 1. The van der Waals surface area contributed by atoms with Crippen LogP contribution in [0, 0.1) is 0 Å². The van der Waals surface area contributed by atoms with Crippen molar-refractivity contribution in [2.45, 2.75) is 64.9 Å². The largest absolute Gasteiger partial charge is 0.379 e. The van der Waals surface area contributed by atoms with Crippen molar-refractivity contribution >= 4 is 6.08 Å². The Balaban J connectivity index is 1.46. The molecule has 1 atom stereocenters. The van der Waals surface area contributed by atoms with Crippen LogP contribution in [-0.4, -0.2) is 17.7 Å². The van der Waals surface area contributed by atoms with Crippen molar-refractivity contribution in [2.75, 3.05) is 6.61 Å². The summed E-state index contributed by atoms with van der Waals surface area (Å²) in [6, 6.07) is 21.6. The van der Waals surface area contributed by atoms with E-state index in [-0.39, 0.29) is 0 Å². The summed E-state index contributed by atoms with van der Waals surface area (Å²) in [7, 11) is 0. The van der Waals surface area contributed by atoms with E-state index in [1.54, 1.807) is 0 Å². The third-order valence-electron chi connectivity index (χ3n) is 6.07. The number of nitrogens with zero attached hydrogens (tertiary/aromatic N) is 1. The summed E-state index contributed by atoms with van der Waals surface area (Å²) in [5.41, 5.74) is 7.01. The van der Waals surface area contributed by atoms with Gasteiger partial charge in [0.25, 0.3) is 0 Å². The molecule has 3 aromatic rings. The molecule has 0 N–H and O–H groups in total. The van der Waals surface area contributed by atoms with Crippen molar-refractivity contribution in [1.82, 2.24) is 4.98 Å². The van der Waals surface area contributed by atoms with Crippen LogP contribution in [0.15, 0.2) is 85.6 Å². The molecule has 0 bridgehead atoms.